The van der Waals surface area contributed by atoms with Gasteiger partial charge in [-0.1, -0.05) is 24.3 Å². The minimum absolute atomic E-state index is 0.00871. The monoisotopic (exact) mass is 412 g/mol. The molecule has 154 valence electrons. The normalized spacial score (nSPS) is 19.1. The number of nitrogens with one attached hydrogen (secondary N) is 2. The Kier molecular flexibility index (Phi) is 4.64. The van der Waals surface area contributed by atoms with Crippen molar-refractivity contribution in [1.29, 1.82) is 0 Å². The summed E-state index contributed by atoms with van der Waals surface area (Å²) in [5, 5.41) is 21.6. The molecule has 1 aliphatic heterocycles. The van der Waals surface area contributed by atoms with Gasteiger partial charge >= 0.3 is 6.61 Å². The van der Waals surface area contributed by atoms with Crippen molar-refractivity contribution in [1.82, 2.24) is 24.9 Å². The summed E-state index contributed by atoms with van der Waals surface area (Å²) in [5.74, 6) is 0.630. The van der Waals surface area contributed by atoms with E-state index in [9.17, 15) is 13.9 Å². The molecule has 0 spiro atoms. The maximum atomic E-state index is 12.8. The maximum absolute atomic E-state index is 12.8. The summed E-state index contributed by atoms with van der Waals surface area (Å²) in [5.41, 5.74) is 1.56. The lowest BCUT2D eigenvalue weighted by Gasteiger charge is -2.17. The Balaban J connectivity index is 1.68. The van der Waals surface area contributed by atoms with Gasteiger partial charge in [0.1, 0.15) is 12.0 Å². The number of hydrogen-bond donors (Lipinski definition) is 3. The Morgan fingerprint density at radius 2 is 1.93 bits per heavy atom. The van der Waals surface area contributed by atoms with Crippen molar-refractivity contribution in [3.8, 4) is 17.1 Å². The molecule has 2 aromatic heterocycles. The summed E-state index contributed by atoms with van der Waals surface area (Å²) in [6.07, 6.45) is 0.000494. The summed E-state index contributed by atoms with van der Waals surface area (Å²) >= 11 is 0. The quantitative estimate of drug-likeness (QED) is 0.464. The molecule has 30 heavy (non-hydrogen) atoms. The van der Waals surface area contributed by atoms with Gasteiger partial charge in [0.05, 0.1) is 17.1 Å². The van der Waals surface area contributed by atoms with Gasteiger partial charge in [0.15, 0.2) is 11.5 Å². The molecule has 1 unspecified atom stereocenters. The first-order valence-corrected chi connectivity index (χ1v) is 9.48. The number of alkyl halides is 2. The van der Waals surface area contributed by atoms with E-state index >= 15 is 0 Å². The van der Waals surface area contributed by atoms with Gasteiger partial charge in [0.25, 0.3) is 0 Å². The molecule has 1 aliphatic rings. The Morgan fingerprint density at radius 3 is 2.73 bits per heavy atom. The highest BCUT2D eigenvalue weighted by Gasteiger charge is 2.26. The molecule has 4 aromatic rings. The number of benzene rings is 2. The lowest BCUT2D eigenvalue weighted by Crippen LogP contribution is -2.35. The highest BCUT2D eigenvalue weighted by molar-refractivity contribution is 5.93. The van der Waals surface area contributed by atoms with Crippen LogP contribution in [0.1, 0.15) is 6.42 Å². The van der Waals surface area contributed by atoms with Crippen LogP contribution in [0.3, 0.4) is 0 Å². The average Bonchev–Trinajstić information content (AvgIpc) is 3.35. The van der Waals surface area contributed by atoms with Crippen molar-refractivity contribution in [3.63, 3.8) is 0 Å². The summed E-state index contributed by atoms with van der Waals surface area (Å²) in [6, 6.07) is 13.6. The summed E-state index contributed by atoms with van der Waals surface area (Å²) in [4.78, 5) is 9.24. The van der Waals surface area contributed by atoms with Gasteiger partial charge in [0.2, 0.25) is 5.95 Å². The van der Waals surface area contributed by atoms with Gasteiger partial charge in [-0.3, -0.25) is 5.32 Å². The van der Waals surface area contributed by atoms with E-state index in [1.165, 1.54) is 10.6 Å². The first-order chi connectivity index (χ1) is 14.6. The number of aliphatic hydroxyl groups is 1. The number of nitrogens with zero attached hydrogens (tertiary/aromatic N) is 4. The van der Waals surface area contributed by atoms with Crippen molar-refractivity contribution in [3.05, 3.63) is 48.5 Å². The van der Waals surface area contributed by atoms with Crippen molar-refractivity contribution in [2.75, 3.05) is 11.9 Å². The maximum Gasteiger partial charge on any atom is 0.387 e. The highest BCUT2D eigenvalue weighted by atomic mass is 19.3. The molecular weight excluding hydrogens is 394 g/mol. The average molecular weight is 412 g/mol. The molecule has 2 aromatic carbocycles. The molecule has 3 N–H and O–H groups in total. The highest BCUT2D eigenvalue weighted by Crippen LogP contribution is 2.31. The first kappa shape index (κ1) is 18.6. The van der Waals surface area contributed by atoms with Crippen molar-refractivity contribution in [2.45, 2.75) is 25.3 Å². The van der Waals surface area contributed by atoms with Crippen LogP contribution in [0.4, 0.5) is 14.7 Å². The molecule has 0 bridgehead atoms. The molecule has 1 saturated heterocycles. The molecule has 5 rings (SSSR count). The van der Waals surface area contributed by atoms with Crippen LogP contribution in [-0.4, -0.2) is 50.1 Å². The second kappa shape index (κ2) is 7.47. The van der Waals surface area contributed by atoms with Crippen LogP contribution in [0.5, 0.6) is 5.75 Å². The van der Waals surface area contributed by atoms with Crippen molar-refractivity contribution in [2.24, 2.45) is 0 Å². The minimum atomic E-state index is -2.96. The number of aliphatic hydroxyl groups excluding tert-OH is 1. The third kappa shape index (κ3) is 3.29. The predicted molar refractivity (Wildman–Crippen MR) is 106 cm³/mol. The summed E-state index contributed by atoms with van der Waals surface area (Å²) < 4.78 is 31.8. The van der Waals surface area contributed by atoms with Gasteiger partial charge in [-0.05, 0) is 37.2 Å². The first-order valence-electron chi connectivity index (χ1n) is 9.48. The number of fused-ring (bicyclic) bond motifs is 3. The summed E-state index contributed by atoms with van der Waals surface area (Å²) in [7, 11) is 0. The number of rotatable bonds is 5. The second-order valence-corrected chi connectivity index (χ2v) is 6.94. The molecule has 1 fully saturated rings. The molecule has 0 amide bonds. The standard InChI is InChI=1S/C20H18F2N6O2/c21-19(22)30-15-8-4-2-6-12(15)16-26-17-11-5-1-3-7-13(11)24-20(28(17)27-16)25-14-9-10-23-18(14)29/h1-8,14,18-19,23,29H,9-10H2,(H,24,25)/t14-,18?/m1/s1. The third-order valence-electron chi connectivity index (χ3n) is 5.03. The largest absolute Gasteiger partial charge is 0.434 e. The molecule has 8 nitrogen and oxygen atoms in total. The van der Waals surface area contributed by atoms with Crippen LogP contribution < -0.4 is 15.4 Å². The molecule has 0 aliphatic carbocycles. The molecule has 2 atom stereocenters. The Hall–Kier alpha value is -3.37. The van der Waals surface area contributed by atoms with Crippen LogP contribution in [0.2, 0.25) is 0 Å². The predicted octanol–water partition coefficient (Wildman–Crippen LogP) is 2.64. The minimum Gasteiger partial charge on any atom is -0.434 e. The zero-order chi connectivity index (χ0) is 20.7. The Labute approximate surface area is 169 Å². The Morgan fingerprint density at radius 1 is 1.13 bits per heavy atom. The van der Waals surface area contributed by atoms with Gasteiger partial charge in [-0.25, -0.2) is 9.97 Å². The summed E-state index contributed by atoms with van der Waals surface area (Å²) in [6.45, 7) is -2.28. The van der Waals surface area contributed by atoms with Crippen LogP contribution in [-0.2, 0) is 0 Å². The lowest BCUT2D eigenvalue weighted by atomic mass is 10.2. The van der Waals surface area contributed by atoms with Gasteiger partial charge < -0.3 is 15.2 Å². The van der Waals surface area contributed by atoms with Crippen LogP contribution in [0.15, 0.2) is 48.5 Å². The SMILES string of the molecule is OC1NCC[C@H]1Nc1nc2ccccc2c2nc(-c3ccccc3OC(F)F)nn12. The number of anilines is 1. The molecule has 3 heterocycles. The van der Waals surface area contributed by atoms with E-state index in [-0.39, 0.29) is 17.6 Å². The van der Waals surface area contributed by atoms with E-state index in [0.29, 0.717) is 35.6 Å². The van der Waals surface area contributed by atoms with Crippen LogP contribution in [0.25, 0.3) is 27.9 Å². The van der Waals surface area contributed by atoms with E-state index in [1.54, 1.807) is 18.2 Å². The fourth-order valence-electron chi connectivity index (χ4n) is 3.62. The zero-order valence-electron chi connectivity index (χ0n) is 15.7. The fourth-order valence-corrected chi connectivity index (χ4v) is 3.62. The van der Waals surface area contributed by atoms with Gasteiger partial charge in [-0.2, -0.15) is 13.3 Å². The van der Waals surface area contributed by atoms with Crippen LogP contribution in [0, 0.1) is 0 Å². The van der Waals surface area contributed by atoms with Crippen molar-refractivity contribution >= 4 is 22.5 Å². The zero-order valence-corrected chi connectivity index (χ0v) is 15.7. The lowest BCUT2D eigenvalue weighted by molar-refractivity contribution is -0.0494. The van der Waals surface area contributed by atoms with Gasteiger partial charge in [0, 0.05) is 5.39 Å². The van der Waals surface area contributed by atoms with Crippen LogP contribution >= 0.6 is 0 Å². The molecule has 0 saturated carbocycles. The number of hydrogen-bond acceptors (Lipinski definition) is 7. The number of para-hydroxylation sites is 2. The topological polar surface area (TPSA) is 96.6 Å². The van der Waals surface area contributed by atoms with E-state index in [2.05, 4.69) is 30.4 Å². The third-order valence-corrected chi connectivity index (χ3v) is 5.03. The van der Waals surface area contributed by atoms with Gasteiger partial charge in [-0.15, -0.1) is 5.10 Å². The Bertz CT molecular complexity index is 1210. The van der Waals surface area contributed by atoms with E-state index in [0.717, 1.165) is 5.39 Å². The molecule has 0 radical (unpaired) electrons. The van der Waals surface area contributed by atoms with E-state index in [1.807, 2.05) is 24.3 Å². The molecular formula is C20H18F2N6O2. The molecule has 10 heteroatoms. The number of halogens is 2. The fraction of sp³-hybridized carbons (Fsp3) is 0.250. The number of aromatic nitrogens is 4. The van der Waals surface area contributed by atoms with E-state index in [4.69, 9.17) is 0 Å². The smallest absolute Gasteiger partial charge is 0.387 e. The number of ether oxygens (including phenoxy) is 1. The van der Waals surface area contributed by atoms with E-state index < -0.39 is 12.8 Å². The second-order valence-electron chi connectivity index (χ2n) is 6.94. The van der Waals surface area contributed by atoms with Crippen molar-refractivity contribution < 1.29 is 18.6 Å².